The SMILES string of the molecule is COc1cccc(C2CCCN2C(=O)CCCNC(=O)c2ccccc2)c1. The number of methoxy groups -OCH3 is 1. The van der Waals surface area contributed by atoms with Gasteiger partial charge in [0.1, 0.15) is 5.75 Å². The zero-order chi connectivity index (χ0) is 19.1. The van der Waals surface area contributed by atoms with Crippen LogP contribution in [0, 0.1) is 0 Å². The molecule has 1 fully saturated rings. The van der Waals surface area contributed by atoms with Crippen molar-refractivity contribution in [3.8, 4) is 5.75 Å². The van der Waals surface area contributed by atoms with E-state index < -0.39 is 0 Å². The molecule has 0 bridgehead atoms. The van der Waals surface area contributed by atoms with Gasteiger partial charge in [0.2, 0.25) is 5.91 Å². The monoisotopic (exact) mass is 366 g/mol. The van der Waals surface area contributed by atoms with Crippen molar-refractivity contribution in [2.45, 2.75) is 31.7 Å². The van der Waals surface area contributed by atoms with Crippen molar-refractivity contribution >= 4 is 11.8 Å². The number of ether oxygens (including phenoxy) is 1. The molecule has 27 heavy (non-hydrogen) atoms. The van der Waals surface area contributed by atoms with Gasteiger partial charge < -0.3 is 15.0 Å². The molecular weight excluding hydrogens is 340 g/mol. The predicted molar refractivity (Wildman–Crippen MR) is 105 cm³/mol. The number of nitrogens with zero attached hydrogens (tertiary/aromatic N) is 1. The Kier molecular flexibility index (Phi) is 6.47. The van der Waals surface area contributed by atoms with Crippen LogP contribution in [-0.4, -0.2) is 36.9 Å². The van der Waals surface area contributed by atoms with Gasteiger partial charge in [-0.25, -0.2) is 0 Å². The fourth-order valence-electron chi connectivity index (χ4n) is 3.54. The first-order valence-electron chi connectivity index (χ1n) is 9.45. The van der Waals surface area contributed by atoms with Crippen LogP contribution in [0.15, 0.2) is 54.6 Å². The molecule has 1 aliphatic rings. The summed E-state index contributed by atoms with van der Waals surface area (Å²) in [4.78, 5) is 26.7. The molecule has 0 spiro atoms. The van der Waals surface area contributed by atoms with Gasteiger partial charge >= 0.3 is 0 Å². The molecule has 1 unspecified atom stereocenters. The van der Waals surface area contributed by atoms with Crippen molar-refractivity contribution < 1.29 is 14.3 Å². The quantitative estimate of drug-likeness (QED) is 0.762. The van der Waals surface area contributed by atoms with Crippen LogP contribution in [0.5, 0.6) is 5.75 Å². The summed E-state index contributed by atoms with van der Waals surface area (Å²) in [6.45, 7) is 1.29. The molecular formula is C22H26N2O3. The van der Waals surface area contributed by atoms with Gasteiger partial charge in [0.15, 0.2) is 0 Å². The van der Waals surface area contributed by atoms with Gasteiger partial charge in [-0.2, -0.15) is 0 Å². The maximum Gasteiger partial charge on any atom is 0.251 e. The van der Waals surface area contributed by atoms with Crippen LogP contribution in [0.4, 0.5) is 0 Å². The molecule has 1 saturated heterocycles. The minimum absolute atomic E-state index is 0.0986. The summed E-state index contributed by atoms with van der Waals surface area (Å²) in [5.74, 6) is 0.864. The second kappa shape index (κ2) is 9.21. The van der Waals surface area contributed by atoms with Gasteiger partial charge in [-0.1, -0.05) is 30.3 Å². The Labute approximate surface area is 160 Å². The number of nitrogens with one attached hydrogen (secondary N) is 1. The van der Waals surface area contributed by atoms with E-state index in [0.717, 1.165) is 30.7 Å². The van der Waals surface area contributed by atoms with Crippen molar-refractivity contribution in [3.63, 3.8) is 0 Å². The number of carbonyl (C=O) groups excluding carboxylic acids is 2. The second-order valence-electron chi connectivity index (χ2n) is 6.75. The highest BCUT2D eigenvalue weighted by Gasteiger charge is 2.29. The third-order valence-electron chi connectivity index (χ3n) is 4.94. The minimum atomic E-state index is -0.0986. The van der Waals surface area contributed by atoms with E-state index in [9.17, 15) is 9.59 Å². The number of hydrogen-bond donors (Lipinski definition) is 1. The molecule has 2 aromatic rings. The Morgan fingerprint density at radius 2 is 1.96 bits per heavy atom. The van der Waals surface area contributed by atoms with Gasteiger partial charge in [-0.15, -0.1) is 0 Å². The van der Waals surface area contributed by atoms with E-state index in [1.165, 1.54) is 0 Å². The van der Waals surface area contributed by atoms with E-state index >= 15 is 0 Å². The minimum Gasteiger partial charge on any atom is -0.497 e. The van der Waals surface area contributed by atoms with Crippen molar-refractivity contribution in [1.29, 1.82) is 0 Å². The second-order valence-corrected chi connectivity index (χ2v) is 6.75. The van der Waals surface area contributed by atoms with Gasteiger partial charge in [0, 0.05) is 25.1 Å². The normalized spacial score (nSPS) is 16.2. The van der Waals surface area contributed by atoms with Gasteiger partial charge in [-0.3, -0.25) is 9.59 Å². The summed E-state index contributed by atoms with van der Waals surface area (Å²) < 4.78 is 5.30. The number of benzene rings is 2. The average molecular weight is 366 g/mol. The highest BCUT2D eigenvalue weighted by Crippen LogP contribution is 2.33. The van der Waals surface area contributed by atoms with E-state index in [-0.39, 0.29) is 17.9 Å². The smallest absolute Gasteiger partial charge is 0.251 e. The summed E-state index contributed by atoms with van der Waals surface area (Å²) in [5.41, 5.74) is 1.76. The molecule has 142 valence electrons. The first-order valence-corrected chi connectivity index (χ1v) is 9.45. The Bertz CT molecular complexity index is 776. The van der Waals surface area contributed by atoms with Crippen molar-refractivity contribution in [2.24, 2.45) is 0 Å². The van der Waals surface area contributed by atoms with Crippen LogP contribution in [0.3, 0.4) is 0 Å². The third kappa shape index (κ3) is 4.88. The molecule has 1 heterocycles. The van der Waals surface area contributed by atoms with Crippen LogP contribution in [0.1, 0.15) is 47.6 Å². The van der Waals surface area contributed by atoms with Crippen molar-refractivity contribution in [2.75, 3.05) is 20.2 Å². The highest BCUT2D eigenvalue weighted by molar-refractivity contribution is 5.94. The predicted octanol–water partition coefficient (Wildman–Crippen LogP) is 3.57. The largest absolute Gasteiger partial charge is 0.497 e. The summed E-state index contributed by atoms with van der Waals surface area (Å²) in [6, 6.07) is 17.2. The van der Waals surface area contributed by atoms with Crippen LogP contribution < -0.4 is 10.1 Å². The lowest BCUT2D eigenvalue weighted by atomic mass is 10.0. The lowest BCUT2D eigenvalue weighted by Crippen LogP contribution is -2.31. The number of hydrogen-bond acceptors (Lipinski definition) is 3. The molecule has 5 heteroatoms. The number of amides is 2. The van der Waals surface area contributed by atoms with Gasteiger partial charge in [0.25, 0.3) is 5.91 Å². The molecule has 2 aromatic carbocycles. The maximum atomic E-state index is 12.7. The zero-order valence-electron chi connectivity index (χ0n) is 15.7. The van der Waals surface area contributed by atoms with Crippen LogP contribution in [-0.2, 0) is 4.79 Å². The molecule has 1 N–H and O–H groups in total. The lowest BCUT2D eigenvalue weighted by molar-refractivity contribution is -0.132. The molecule has 1 atom stereocenters. The molecule has 5 nitrogen and oxygen atoms in total. The van der Waals surface area contributed by atoms with Crippen LogP contribution in [0.25, 0.3) is 0 Å². The molecule has 2 amide bonds. The van der Waals surface area contributed by atoms with Crippen molar-refractivity contribution in [3.05, 3.63) is 65.7 Å². The Hall–Kier alpha value is -2.82. The first-order chi connectivity index (χ1) is 13.2. The first kappa shape index (κ1) is 19.0. The topological polar surface area (TPSA) is 58.6 Å². The zero-order valence-corrected chi connectivity index (χ0v) is 15.7. The Morgan fingerprint density at radius 1 is 1.15 bits per heavy atom. The van der Waals surface area contributed by atoms with Crippen LogP contribution >= 0.6 is 0 Å². The van der Waals surface area contributed by atoms with E-state index in [2.05, 4.69) is 11.4 Å². The molecule has 1 aliphatic heterocycles. The fraction of sp³-hybridized carbons (Fsp3) is 0.364. The van der Waals surface area contributed by atoms with E-state index in [1.54, 1.807) is 19.2 Å². The maximum absolute atomic E-state index is 12.7. The molecule has 0 saturated carbocycles. The summed E-state index contributed by atoms with van der Waals surface area (Å²) >= 11 is 0. The molecule has 0 aliphatic carbocycles. The standard InChI is InChI=1S/C22H26N2O3/c1-27-19-11-5-10-18(16-19)20-12-7-15-24(20)21(25)13-6-14-23-22(26)17-8-3-2-4-9-17/h2-5,8-11,16,20H,6-7,12-15H2,1H3,(H,23,26). The third-order valence-corrected chi connectivity index (χ3v) is 4.94. The lowest BCUT2D eigenvalue weighted by Gasteiger charge is -2.25. The highest BCUT2D eigenvalue weighted by atomic mass is 16.5. The summed E-state index contributed by atoms with van der Waals surface area (Å²) in [5, 5.41) is 2.88. The fourth-order valence-corrected chi connectivity index (χ4v) is 3.54. The average Bonchev–Trinajstić information content (AvgIpc) is 3.21. The summed E-state index contributed by atoms with van der Waals surface area (Å²) in [7, 11) is 1.65. The molecule has 3 rings (SSSR count). The number of likely N-dealkylation sites (tertiary alicyclic amines) is 1. The Morgan fingerprint density at radius 3 is 2.74 bits per heavy atom. The molecule has 0 radical (unpaired) electrons. The molecule has 0 aromatic heterocycles. The van der Waals surface area contributed by atoms with E-state index in [4.69, 9.17) is 4.74 Å². The van der Waals surface area contributed by atoms with Gasteiger partial charge in [0.05, 0.1) is 13.2 Å². The number of rotatable bonds is 7. The van der Waals surface area contributed by atoms with Crippen LogP contribution in [0.2, 0.25) is 0 Å². The van der Waals surface area contributed by atoms with E-state index in [1.807, 2.05) is 41.3 Å². The van der Waals surface area contributed by atoms with Crippen molar-refractivity contribution in [1.82, 2.24) is 10.2 Å². The number of carbonyl (C=O) groups is 2. The summed E-state index contributed by atoms with van der Waals surface area (Å²) in [6.07, 6.45) is 3.07. The van der Waals surface area contributed by atoms with Gasteiger partial charge in [-0.05, 0) is 49.1 Å². The Balaban J connectivity index is 1.49. The van der Waals surface area contributed by atoms with E-state index in [0.29, 0.717) is 24.9 Å².